The van der Waals surface area contributed by atoms with E-state index in [1.807, 2.05) is 0 Å². The van der Waals surface area contributed by atoms with Crippen LogP contribution in [0.2, 0.25) is 0 Å². The summed E-state index contributed by atoms with van der Waals surface area (Å²) in [4.78, 5) is 22.0. The Labute approximate surface area is 92.3 Å². The van der Waals surface area contributed by atoms with Crippen molar-refractivity contribution in [1.82, 2.24) is 0 Å². The van der Waals surface area contributed by atoms with Gasteiger partial charge in [0.25, 0.3) is 0 Å². The summed E-state index contributed by atoms with van der Waals surface area (Å²) in [5, 5.41) is 18.0. The third-order valence-electron chi connectivity index (χ3n) is 2.46. The molecule has 0 aliphatic heterocycles. The summed E-state index contributed by atoms with van der Waals surface area (Å²) < 4.78 is 4.95. The average molecular weight is 224 g/mol. The zero-order valence-corrected chi connectivity index (χ0v) is 9.20. The average Bonchev–Trinajstić information content (AvgIpc) is 2.16. The van der Waals surface area contributed by atoms with E-state index >= 15 is 0 Å². The predicted octanol–water partition coefficient (Wildman–Crippen LogP) is 1.71. The molecular weight excluding hydrogens is 212 g/mol. The van der Waals surface area contributed by atoms with Crippen molar-refractivity contribution in [2.24, 2.45) is 0 Å². The maximum absolute atomic E-state index is 11.0. The number of carbonyl (C=O) groups is 2. The van der Waals surface area contributed by atoms with Gasteiger partial charge in [0, 0.05) is 5.56 Å². The highest BCUT2D eigenvalue weighted by Crippen LogP contribution is 2.27. The van der Waals surface area contributed by atoms with Gasteiger partial charge in [-0.15, -0.1) is 0 Å². The lowest BCUT2D eigenvalue weighted by molar-refractivity contribution is 0.0695. The lowest BCUT2D eigenvalue weighted by atomic mass is 9.96. The number of aromatic carboxylic acids is 2. The van der Waals surface area contributed by atoms with E-state index in [1.54, 1.807) is 6.92 Å². The molecule has 0 amide bonds. The number of benzene rings is 1. The number of ether oxygens (including phenoxy) is 1. The Balaban J connectivity index is 3.64. The van der Waals surface area contributed by atoms with E-state index in [2.05, 4.69) is 0 Å². The fourth-order valence-electron chi connectivity index (χ4n) is 1.64. The minimum Gasteiger partial charge on any atom is -0.496 e. The number of rotatable bonds is 3. The van der Waals surface area contributed by atoms with Crippen LogP contribution in [-0.4, -0.2) is 29.3 Å². The van der Waals surface area contributed by atoms with E-state index in [9.17, 15) is 9.59 Å². The fourth-order valence-corrected chi connectivity index (χ4v) is 1.64. The number of carboxylic acid groups (broad SMARTS) is 2. The predicted molar refractivity (Wildman–Crippen MR) is 56.4 cm³/mol. The normalized spacial score (nSPS) is 9.94. The largest absolute Gasteiger partial charge is 0.496 e. The minimum atomic E-state index is -1.17. The third kappa shape index (κ3) is 1.84. The molecule has 5 heteroatoms. The Morgan fingerprint density at radius 3 is 2.06 bits per heavy atom. The van der Waals surface area contributed by atoms with E-state index in [0.717, 1.165) is 0 Å². The molecule has 0 unspecified atom stereocenters. The number of hydrogen-bond donors (Lipinski definition) is 2. The summed E-state index contributed by atoms with van der Waals surface area (Å²) in [5.74, 6) is -2.06. The van der Waals surface area contributed by atoms with Gasteiger partial charge in [-0.3, -0.25) is 0 Å². The van der Waals surface area contributed by atoms with Crippen molar-refractivity contribution in [2.75, 3.05) is 7.11 Å². The zero-order valence-electron chi connectivity index (χ0n) is 9.20. The molecule has 16 heavy (non-hydrogen) atoms. The van der Waals surface area contributed by atoms with Gasteiger partial charge in [-0.2, -0.15) is 0 Å². The molecule has 0 bridgehead atoms. The van der Waals surface area contributed by atoms with Crippen molar-refractivity contribution in [3.8, 4) is 5.75 Å². The molecule has 0 radical (unpaired) electrons. The summed E-state index contributed by atoms with van der Waals surface area (Å²) >= 11 is 0. The van der Waals surface area contributed by atoms with Gasteiger partial charge in [0.05, 0.1) is 18.2 Å². The molecule has 86 valence electrons. The summed E-state index contributed by atoms with van der Waals surface area (Å²) in [5.41, 5.74) is 0.590. The molecule has 0 saturated carbocycles. The second-order valence-corrected chi connectivity index (χ2v) is 3.36. The van der Waals surface area contributed by atoms with Gasteiger partial charge in [0.15, 0.2) is 0 Å². The Bertz CT molecular complexity index is 462. The lowest BCUT2D eigenvalue weighted by Crippen LogP contribution is -2.10. The van der Waals surface area contributed by atoms with Crippen molar-refractivity contribution in [1.29, 1.82) is 0 Å². The molecule has 5 nitrogen and oxygen atoms in total. The van der Waals surface area contributed by atoms with Crippen LogP contribution in [0.5, 0.6) is 5.75 Å². The topological polar surface area (TPSA) is 83.8 Å². The third-order valence-corrected chi connectivity index (χ3v) is 2.46. The van der Waals surface area contributed by atoms with Crippen molar-refractivity contribution in [2.45, 2.75) is 13.8 Å². The molecule has 0 aliphatic carbocycles. The summed E-state index contributed by atoms with van der Waals surface area (Å²) in [6.45, 7) is 3.06. The second-order valence-electron chi connectivity index (χ2n) is 3.36. The molecule has 0 saturated heterocycles. The highest BCUT2D eigenvalue weighted by molar-refractivity contribution is 5.98. The zero-order chi connectivity index (χ0) is 12.5. The maximum atomic E-state index is 11.0. The van der Waals surface area contributed by atoms with Gasteiger partial charge in [0.1, 0.15) is 5.75 Å². The SMILES string of the molecule is COc1cc(C(=O)O)c(C)c(C(=O)O)c1C. The number of carboxylic acids is 2. The Kier molecular flexibility index (Phi) is 3.17. The van der Waals surface area contributed by atoms with Crippen LogP contribution in [0.15, 0.2) is 6.07 Å². The van der Waals surface area contributed by atoms with Gasteiger partial charge in [0.2, 0.25) is 0 Å². The molecule has 0 fully saturated rings. The summed E-state index contributed by atoms with van der Waals surface area (Å²) in [6, 6.07) is 1.33. The Morgan fingerprint density at radius 1 is 1.12 bits per heavy atom. The Hall–Kier alpha value is -2.04. The smallest absolute Gasteiger partial charge is 0.336 e. The fraction of sp³-hybridized carbons (Fsp3) is 0.273. The molecule has 0 heterocycles. The van der Waals surface area contributed by atoms with E-state index < -0.39 is 11.9 Å². The van der Waals surface area contributed by atoms with Crippen molar-refractivity contribution in [3.63, 3.8) is 0 Å². The van der Waals surface area contributed by atoms with Crippen molar-refractivity contribution >= 4 is 11.9 Å². The van der Waals surface area contributed by atoms with Crippen LogP contribution >= 0.6 is 0 Å². The van der Waals surface area contributed by atoms with Gasteiger partial charge in [-0.25, -0.2) is 9.59 Å². The van der Waals surface area contributed by atoms with Crippen LogP contribution in [0.25, 0.3) is 0 Å². The molecule has 1 aromatic rings. The van der Waals surface area contributed by atoms with Crippen LogP contribution < -0.4 is 4.74 Å². The van der Waals surface area contributed by atoms with E-state index in [-0.39, 0.29) is 22.4 Å². The highest BCUT2D eigenvalue weighted by Gasteiger charge is 2.21. The first kappa shape index (κ1) is 12.0. The van der Waals surface area contributed by atoms with Gasteiger partial charge < -0.3 is 14.9 Å². The van der Waals surface area contributed by atoms with E-state index in [4.69, 9.17) is 14.9 Å². The van der Waals surface area contributed by atoms with Gasteiger partial charge >= 0.3 is 11.9 Å². The first-order chi connectivity index (χ1) is 7.40. The number of methoxy groups -OCH3 is 1. The van der Waals surface area contributed by atoms with Crippen LogP contribution in [0.4, 0.5) is 0 Å². The highest BCUT2D eigenvalue weighted by atomic mass is 16.5. The van der Waals surface area contributed by atoms with Crippen molar-refractivity contribution in [3.05, 3.63) is 28.3 Å². The van der Waals surface area contributed by atoms with E-state index in [0.29, 0.717) is 5.56 Å². The summed E-state index contributed by atoms with van der Waals surface area (Å²) in [6.07, 6.45) is 0. The molecule has 0 atom stereocenters. The molecule has 2 N–H and O–H groups in total. The lowest BCUT2D eigenvalue weighted by Gasteiger charge is -2.12. The number of hydrogen-bond acceptors (Lipinski definition) is 3. The monoisotopic (exact) mass is 224 g/mol. The molecule has 0 aromatic heterocycles. The van der Waals surface area contributed by atoms with E-state index in [1.165, 1.54) is 20.1 Å². The van der Waals surface area contributed by atoms with Gasteiger partial charge in [-0.05, 0) is 25.5 Å². The quantitative estimate of drug-likeness (QED) is 0.816. The molecule has 1 rings (SSSR count). The van der Waals surface area contributed by atoms with Crippen LogP contribution in [0, 0.1) is 13.8 Å². The first-order valence-electron chi connectivity index (χ1n) is 4.55. The van der Waals surface area contributed by atoms with Crippen LogP contribution in [0.3, 0.4) is 0 Å². The van der Waals surface area contributed by atoms with Crippen molar-refractivity contribution < 1.29 is 24.5 Å². The minimum absolute atomic E-state index is 0.0169. The summed E-state index contributed by atoms with van der Waals surface area (Å²) in [7, 11) is 1.37. The molecular formula is C11H12O5. The molecule has 0 aliphatic rings. The van der Waals surface area contributed by atoms with Crippen LogP contribution in [0.1, 0.15) is 31.8 Å². The Morgan fingerprint density at radius 2 is 1.69 bits per heavy atom. The van der Waals surface area contributed by atoms with Crippen LogP contribution in [-0.2, 0) is 0 Å². The maximum Gasteiger partial charge on any atom is 0.336 e. The van der Waals surface area contributed by atoms with Gasteiger partial charge in [-0.1, -0.05) is 0 Å². The standard InChI is InChI=1S/C11H12O5/c1-5-7(10(12)13)4-8(16-3)6(2)9(5)11(14)15/h4H,1-3H3,(H,12,13)(H,14,15). The second kappa shape index (κ2) is 4.22. The molecule has 0 spiro atoms. The first-order valence-corrected chi connectivity index (χ1v) is 4.55. The molecule has 1 aromatic carbocycles.